The molecule has 0 aliphatic heterocycles. The Morgan fingerprint density at radius 3 is 2.42 bits per heavy atom. The van der Waals surface area contributed by atoms with Gasteiger partial charge in [0.1, 0.15) is 6.61 Å². The lowest BCUT2D eigenvalue weighted by molar-refractivity contribution is 0.190. The average Bonchev–Trinajstić information content (AvgIpc) is 2.41. The highest BCUT2D eigenvalue weighted by Crippen LogP contribution is 2.26. The van der Waals surface area contributed by atoms with E-state index in [1.165, 1.54) is 0 Å². The molecule has 0 radical (unpaired) electrons. The number of hydrogen-bond acceptors (Lipinski definition) is 4. The van der Waals surface area contributed by atoms with Crippen molar-refractivity contribution in [1.29, 1.82) is 0 Å². The predicted octanol–water partition coefficient (Wildman–Crippen LogP) is 2.13. The van der Waals surface area contributed by atoms with E-state index in [2.05, 4.69) is 18.9 Å². The predicted molar refractivity (Wildman–Crippen MR) is 78.9 cm³/mol. The van der Waals surface area contributed by atoms with Gasteiger partial charge in [-0.3, -0.25) is 0 Å². The maximum Gasteiger partial charge on any atom is 0.161 e. The zero-order valence-electron chi connectivity index (χ0n) is 12.3. The van der Waals surface area contributed by atoms with Crippen LogP contribution in [0.5, 0.6) is 11.5 Å². The van der Waals surface area contributed by atoms with Gasteiger partial charge in [0.2, 0.25) is 0 Å². The summed E-state index contributed by atoms with van der Waals surface area (Å²) in [4.78, 5) is 2.26. The van der Waals surface area contributed by atoms with Gasteiger partial charge in [0.05, 0.1) is 6.61 Å². The van der Waals surface area contributed by atoms with Crippen LogP contribution < -0.4 is 15.2 Å². The number of rotatable bonds is 9. The lowest BCUT2D eigenvalue weighted by Gasteiger charge is -2.24. The van der Waals surface area contributed by atoms with Crippen molar-refractivity contribution in [2.75, 3.05) is 33.4 Å². The minimum absolute atomic E-state index is 0.482. The molecule has 1 aromatic rings. The number of hydrogen-bond donors (Lipinski definition) is 1. The monoisotopic (exact) mass is 266 g/mol. The van der Waals surface area contributed by atoms with Crippen LogP contribution in [0.2, 0.25) is 0 Å². The first-order chi connectivity index (χ1) is 9.19. The Bertz CT molecular complexity index is 358. The van der Waals surface area contributed by atoms with Gasteiger partial charge >= 0.3 is 0 Å². The normalized spacial score (nSPS) is 12.5. The number of nitrogens with zero attached hydrogens (tertiary/aromatic N) is 1. The fourth-order valence-electron chi connectivity index (χ4n) is 1.83. The maximum absolute atomic E-state index is 5.79. The second-order valence-corrected chi connectivity index (χ2v) is 4.64. The van der Waals surface area contributed by atoms with Gasteiger partial charge in [-0.2, -0.15) is 0 Å². The highest BCUT2D eigenvalue weighted by molar-refractivity contribution is 5.39. The van der Waals surface area contributed by atoms with Crippen molar-refractivity contribution in [2.45, 2.75) is 26.3 Å². The topological polar surface area (TPSA) is 47.7 Å². The molecule has 0 saturated carbocycles. The fourth-order valence-corrected chi connectivity index (χ4v) is 1.83. The molecule has 4 heteroatoms. The molecule has 1 unspecified atom stereocenters. The van der Waals surface area contributed by atoms with Crippen molar-refractivity contribution < 1.29 is 9.47 Å². The van der Waals surface area contributed by atoms with E-state index in [0.29, 0.717) is 19.3 Å². The highest BCUT2D eigenvalue weighted by Gasteiger charge is 2.09. The van der Waals surface area contributed by atoms with Crippen molar-refractivity contribution in [2.24, 2.45) is 5.73 Å². The number of nitrogens with two attached hydrogens (primary N) is 1. The smallest absolute Gasteiger partial charge is 0.161 e. The van der Waals surface area contributed by atoms with Crippen molar-refractivity contribution in [3.63, 3.8) is 0 Å². The number of ether oxygens (including phenoxy) is 2. The summed E-state index contributed by atoms with van der Waals surface area (Å²) in [6.45, 7) is 7.05. The van der Waals surface area contributed by atoms with Crippen LogP contribution in [0.1, 0.15) is 20.3 Å². The van der Waals surface area contributed by atoms with E-state index >= 15 is 0 Å². The second-order valence-electron chi connectivity index (χ2n) is 4.64. The summed E-state index contributed by atoms with van der Waals surface area (Å²) in [5.41, 5.74) is 5.57. The molecule has 0 amide bonds. The molecule has 0 spiro atoms. The van der Waals surface area contributed by atoms with Crippen LogP contribution in [-0.2, 0) is 0 Å². The molecule has 0 aromatic heterocycles. The summed E-state index contributed by atoms with van der Waals surface area (Å²) in [7, 11) is 2.10. The van der Waals surface area contributed by atoms with Crippen LogP contribution >= 0.6 is 0 Å². The Morgan fingerprint density at radius 1 is 1.21 bits per heavy atom. The molecule has 108 valence electrons. The minimum Gasteiger partial charge on any atom is -0.490 e. The third-order valence-electron chi connectivity index (χ3n) is 3.19. The van der Waals surface area contributed by atoms with Gasteiger partial charge in [0.15, 0.2) is 11.5 Å². The summed E-state index contributed by atoms with van der Waals surface area (Å²) in [6.07, 6.45) is 1.01. The molecule has 1 rings (SSSR count). The standard InChI is InChI=1S/C15H26N2O2/c1-4-18-14-7-5-6-8-15(14)19-12-11-17(3)13(2)9-10-16/h5-8,13H,4,9-12,16H2,1-3H3. The van der Waals surface area contributed by atoms with Crippen LogP contribution in [0.15, 0.2) is 24.3 Å². The van der Waals surface area contributed by atoms with Crippen molar-refractivity contribution >= 4 is 0 Å². The van der Waals surface area contributed by atoms with Gasteiger partial charge in [0, 0.05) is 12.6 Å². The summed E-state index contributed by atoms with van der Waals surface area (Å²) in [6, 6.07) is 8.26. The largest absolute Gasteiger partial charge is 0.490 e. The first-order valence-electron chi connectivity index (χ1n) is 6.94. The SMILES string of the molecule is CCOc1ccccc1OCCN(C)C(C)CCN. The van der Waals surface area contributed by atoms with E-state index in [1.807, 2.05) is 31.2 Å². The van der Waals surface area contributed by atoms with E-state index in [0.717, 1.165) is 31.0 Å². The van der Waals surface area contributed by atoms with Crippen LogP contribution in [0.3, 0.4) is 0 Å². The fraction of sp³-hybridized carbons (Fsp3) is 0.600. The second kappa shape index (κ2) is 8.77. The third-order valence-corrected chi connectivity index (χ3v) is 3.19. The summed E-state index contributed by atoms with van der Waals surface area (Å²) in [5.74, 6) is 1.62. The molecular weight excluding hydrogens is 240 g/mol. The van der Waals surface area contributed by atoms with E-state index in [-0.39, 0.29) is 0 Å². The van der Waals surface area contributed by atoms with E-state index < -0.39 is 0 Å². The Labute approximate surface area is 116 Å². The van der Waals surface area contributed by atoms with Gasteiger partial charge < -0.3 is 20.1 Å². The molecular formula is C15H26N2O2. The molecule has 0 heterocycles. The van der Waals surface area contributed by atoms with Crippen LogP contribution in [0.25, 0.3) is 0 Å². The Kier molecular flexibility index (Phi) is 7.30. The number of likely N-dealkylation sites (N-methyl/N-ethyl adjacent to an activating group) is 1. The Hall–Kier alpha value is -1.26. The summed E-state index contributed by atoms with van der Waals surface area (Å²) >= 11 is 0. The lowest BCUT2D eigenvalue weighted by Crippen LogP contribution is -2.34. The van der Waals surface area contributed by atoms with E-state index in [1.54, 1.807) is 0 Å². The molecule has 0 fully saturated rings. The van der Waals surface area contributed by atoms with E-state index in [4.69, 9.17) is 15.2 Å². The molecule has 0 saturated heterocycles. The van der Waals surface area contributed by atoms with Crippen molar-refractivity contribution in [3.8, 4) is 11.5 Å². The van der Waals surface area contributed by atoms with Gasteiger partial charge in [-0.05, 0) is 46.0 Å². The summed E-state index contributed by atoms with van der Waals surface area (Å²) in [5, 5.41) is 0. The van der Waals surface area contributed by atoms with Crippen LogP contribution in [0, 0.1) is 0 Å². The molecule has 1 aromatic carbocycles. The molecule has 1 atom stereocenters. The Morgan fingerprint density at radius 2 is 1.84 bits per heavy atom. The first-order valence-corrected chi connectivity index (χ1v) is 6.94. The Balaban J connectivity index is 2.40. The van der Waals surface area contributed by atoms with Gasteiger partial charge in [-0.1, -0.05) is 12.1 Å². The average molecular weight is 266 g/mol. The summed E-state index contributed by atoms with van der Waals surface area (Å²) < 4.78 is 11.3. The maximum atomic E-state index is 5.79. The third kappa shape index (κ3) is 5.49. The highest BCUT2D eigenvalue weighted by atomic mass is 16.5. The molecule has 0 aliphatic carbocycles. The van der Waals surface area contributed by atoms with Gasteiger partial charge in [-0.15, -0.1) is 0 Å². The first kappa shape index (κ1) is 15.8. The minimum atomic E-state index is 0.482. The molecule has 19 heavy (non-hydrogen) atoms. The van der Waals surface area contributed by atoms with Crippen molar-refractivity contribution in [1.82, 2.24) is 4.90 Å². The molecule has 0 aliphatic rings. The molecule has 2 N–H and O–H groups in total. The zero-order chi connectivity index (χ0) is 14.1. The van der Waals surface area contributed by atoms with Crippen molar-refractivity contribution in [3.05, 3.63) is 24.3 Å². The van der Waals surface area contributed by atoms with E-state index in [9.17, 15) is 0 Å². The van der Waals surface area contributed by atoms with Gasteiger partial charge in [0.25, 0.3) is 0 Å². The van der Waals surface area contributed by atoms with Crippen LogP contribution in [0.4, 0.5) is 0 Å². The zero-order valence-corrected chi connectivity index (χ0v) is 12.3. The molecule has 4 nitrogen and oxygen atoms in total. The quantitative estimate of drug-likeness (QED) is 0.744. The lowest BCUT2D eigenvalue weighted by atomic mass is 10.2. The van der Waals surface area contributed by atoms with Gasteiger partial charge in [-0.25, -0.2) is 0 Å². The number of para-hydroxylation sites is 2. The number of benzene rings is 1. The molecule has 0 bridgehead atoms. The van der Waals surface area contributed by atoms with Crippen LogP contribution in [-0.4, -0.2) is 44.3 Å².